The molecule has 18 heavy (non-hydrogen) atoms. The first kappa shape index (κ1) is 14.6. The number of halogens is 2. The fourth-order valence-corrected chi connectivity index (χ4v) is 1.38. The van der Waals surface area contributed by atoms with Gasteiger partial charge in [-0.1, -0.05) is 11.8 Å². The molecule has 0 amide bonds. The predicted octanol–water partition coefficient (Wildman–Crippen LogP) is 2.02. The van der Waals surface area contributed by atoms with Gasteiger partial charge in [-0.25, -0.2) is 18.6 Å². The molecule has 0 bridgehead atoms. The first-order valence-electron chi connectivity index (χ1n) is 5.07. The molecule has 0 saturated carbocycles. The summed E-state index contributed by atoms with van der Waals surface area (Å²) in [6.45, 7) is 0.962. The number of hydrogen-bond donors (Lipinski definition) is 0. The highest BCUT2D eigenvalue weighted by Gasteiger charge is 2.18. The Hall–Kier alpha value is -1.44. The van der Waals surface area contributed by atoms with Gasteiger partial charge in [0.1, 0.15) is 5.56 Å². The largest absolute Gasteiger partial charge is 0.471 e. The summed E-state index contributed by atoms with van der Waals surface area (Å²) in [5.41, 5.74) is -0.0599. The Morgan fingerprint density at radius 3 is 2.83 bits per heavy atom. The van der Waals surface area contributed by atoms with Crippen LogP contribution in [0, 0.1) is 0 Å². The highest BCUT2D eigenvalue weighted by atomic mass is 32.2. The minimum Gasteiger partial charge on any atom is -0.471 e. The normalized spacial score (nSPS) is 10.5. The van der Waals surface area contributed by atoms with Crippen molar-refractivity contribution in [2.24, 2.45) is 0 Å². The molecule has 1 aromatic rings. The van der Waals surface area contributed by atoms with Gasteiger partial charge in [-0.3, -0.25) is 0 Å². The molecule has 0 aliphatic rings. The van der Waals surface area contributed by atoms with Crippen LogP contribution in [-0.2, 0) is 4.74 Å². The number of esters is 1. The second-order valence-electron chi connectivity index (χ2n) is 3.00. The molecule has 0 aliphatic heterocycles. The molecule has 0 fully saturated rings. The van der Waals surface area contributed by atoms with E-state index >= 15 is 0 Å². The monoisotopic (exact) mass is 278 g/mol. The molecule has 0 saturated heterocycles. The van der Waals surface area contributed by atoms with Gasteiger partial charge in [-0.05, 0) is 13.2 Å². The third-order valence-electron chi connectivity index (χ3n) is 1.76. The van der Waals surface area contributed by atoms with E-state index < -0.39 is 19.0 Å². The summed E-state index contributed by atoms with van der Waals surface area (Å²) >= 11 is 1.21. The molecule has 5 nitrogen and oxygen atoms in total. The van der Waals surface area contributed by atoms with Crippen LogP contribution in [-0.4, -0.2) is 41.8 Å². The Morgan fingerprint density at radius 1 is 1.56 bits per heavy atom. The van der Waals surface area contributed by atoms with Crippen molar-refractivity contribution >= 4 is 17.7 Å². The van der Waals surface area contributed by atoms with E-state index in [0.29, 0.717) is 5.16 Å². The van der Waals surface area contributed by atoms with Gasteiger partial charge in [0.25, 0.3) is 6.43 Å². The van der Waals surface area contributed by atoms with E-state index in [1.54, 1.807) is 13.2 Å². The number of carbonyl (C=O) groups excluding carboxylic acids is 1. The van der Waals surface area contributed by atoms with Gasteiger partial charge in [0.05, 0.1) is 6.61 Å². The van der Waals surface area contributed by atoms with E-state index in [2.05, 4.69) is 9.97 Å². The van der Waals surface area contributed by atoms with Crippen molar-refractivity contribution in [1.29, 1.82) is 0 Å². The van der Waals surface area contributed by atoms with Crippen molar-refractivity contribution in [2.45, 2.75) is 18.5 Å². The summed E-state index contributed by atoms with van der Waals surface area (Å²) in [7, 11) is 0. The van der Waals surface area contributed by atoms with E-state index in [4.69, 9.17) is 9.47 Å². The van der Waals surface area contributed by atoms with E-state index in [1.165, 1.54) is 18.0 Å². The molecule has 0 N–H and O–H groups in total. The average Bonchev–Trinajstić information content (AvgIpc) is 2.36. The Balaban J connectivity index is 2.96. The van der Waals surface area contributed by atoms with Gasteiger partial charge in [-0.2, -0.15) is 4.98 Å². The minimum atomic E-state index is -2.65. The summed E-state index contributed by atoms with van der Waals surface area (Å²) in [6, 6.07) is 0. The van der Waals surface area contributed by atoms with Gasteiger partial charge in [0.15, 0.2) is 11.8 Å². The molecule has 0 spiro atoms. The topological polar surface area (TPSA) is 61.3 Å². The van der Waals surface area contributed by atoms with E-state index in [-0.39, 0.29) is 18.1 Å². The summed E-state index contributed by atoms with van der Waals surface area (Å²) in [5, 5.41) is 0.326. The molecule has 1 rings (SSSR count). The van der Waals surface area contributed by atoms with Crippen molar-refractivity contribution < 1.29 is 23.0 Å². The van der Waals surface area contributed by atoms with E-state index in [0.717, 1.165) is 0 Å². The van der Waals surface area contributed by atoms with Crippen molar-refractivity contribution in [2.75, 3.05) is 19.5 Å². The van der Waals surface area contributed by atoms with E-state index in [9.17, 15) is 13.6 Å². The first-order chi connectivity index (χ1) is 8.58. The molecule has 8 heteroatoms. The molecule has 100 valence electrons. The van der Waals surface area contributed by atoms with Crippen LogP contribution >= 0.6 is 11.8 Å². The summed E-state index contributed by atoms with van der Waals surface area (Å²) < 4.78 is 33.7. The smallest absolute Gasteiger partial charge is 0.345 e. The number of carbonyl (C=O) groups is 1. The zero-order valence-corrected chi connectivity index (χ0v) is 10.7. The van der Waals surface area contributed by atoms with Gasteiger partial charge < -0.3 is 9.47 Å². The molecule has 0 aliphatic carbocycles. The highest BCUT2D eigenvalue weighted by Crippen LogP contribution is 2.20. The highest BCUT2D eigenvalue weighted by molar-refractivity contribution is 7.98. The van der Waals surface area contributed by atoms with Crippen molar-refractivity contribution in [3.63, 3.8) is 0 Å². The van der Waals surface area contributed by atoms with Crippen LogP contribution in [0.1, 0.15) is 17.3 Å². The van der Waals surface area contributed by atoms with Crippen LogP contribution in [0.15, 0.2) is 11.4 Å². The van der Waals surface area contributed by atoms with Gasteiger partial charge in [0, 0.05) is 6.20 Å². The van der Waals surface area contributed by atoms with Crippen molar-refractivity contribution in [1.82, 2.24) is 9.97 Å². The Morgan fingerprint density at radius 2 is 2.28 bits per heavy atom. The molecule has 0 atom stereocenters. The molecule has 0 aromatic carbocycles. The number of rotatable bonds is 6. The van der Waals surface area contributed by atoms with Crippen LogP contribution < -0.4 is 4.74 Å². The Kier molecular flexibility index (Phi) is 5.76. The average molecular weight is 278 g/mol. The standard InChI is InChI=1S/C10H12F2N2O3S/c1-3-16-9(15)6-4-13-10(18-2)14-8(6)17-5-7(11)12/h4,7H,3,5H2,1-2H3. The SMILES string of the molecule is CCOC(=O)c1cnc(SC)nc1OCC(F)F. The number of hydrogen-bond acceptors (Lipinski definition) is 6. The van der Waals surface area contributed by atoms with Crippen LogP contribution in [0.5, 0.6) is 5.88 Å². The maximum atomic E-state index is 12.1. The third-order valence-corrected chi connectivity index (χ3v) is 2.32. The number of thioether (sulfide) groups is 1. The molecule has 1 heterocycles. The predicted molar refractivity (Wildman–Crippen MR) is 61.3 cm³/mol. The number of alkyl halides is 2. The zero-order chi connectivity index (χ0) is 13.5. The maximum absolute atomic E-state index is 12.1. The molecular weight excluding hydrogens is 266 g/mol. The summed E-state index contributed by atoms with van der Waals surface area (Å²) in [4.78, 5) is 19.3. The molecule has 1 aromatic heterocycles. The zero-order valence-electron chi connectivity index (χ0n) is 9.85. The van der Waals surface area contributed by atoms with Gasteiger partial charge in [0.2, 0.25) is 5.88 Å². The number of aromatic nitrogens is 2. The van der Waals surface area contributed by atoms with Crippen LogP contribution in [0.3, 0.4) is 0 Å². The molecular formula is C10H12F2N2O3S. The number of nitrogens with zero attached hydrogens (tertiary/aromatic N) is 2. The lowest BCUT2D eigenvalue weighted by Gasteiger charge is -2.09. The van der Waals surface area contributed by atoms with Crippen LogP contribution in [0.25, 0.3) is 0 Å². The van der Waals surface area contributed by atoms with Gasteiger partial charge in [-0.15, -0.1) is 0 Å². The fourth-order valence-electron chi connectivity index (χ4n) is 1.05. The molecule has 0 unspecified atom stereocenters. The lowest BCUT2D eigenvalue weighted by molar-refractivity contribution is 0.0502. The summed E-state index contributed by atoms with van der Waals surface area (Å²) in [6.07, 6.45) is 0.279. The van der Waals surface area contributed by atoms with E-state index in [1.807, 2.05) is 0 Å². The third kappa shape index (κ3) is 4.10. The van der Waals surface area contributed by atoms with Crippen LogP contribution in [0.4, 0.5) is 8.78 Å². The second-order valence-corrected chi connectivity index (χ2v) is 3.77. The lowest BCUT2D eigenvalue weighted by atomic mass is 10.3. The van der Waals surface area contributed by atoms with Crippen molar-refractivity contribution in [3.8, 4) is 5.88 Å². The van der Waals surface area contributed by atoms with Gasteiger partial charge >= 0.3 is 5.97 Å². The first-order valence-corrected chi connectivity index (χ1v) is 6.30. The quantitative estimate of drug-likeness (QED) is 0.451. The lowest BCUT2D eigenvalue weighted by Crippen LogP contribution is -2.14. The van der Waals surface area contributed by atoms with Crippen molar-refractivity contribution in [3.05, 3.63) is 11.8 Å². The molecule has 0 radical (unpaired) electrons. The number of ether oxygens (including phenoxy) is 2. The fraction of sp³-hybridized carbons (Fsp3) is 0.500. The second kappa shape index (κ2) is 7.10. The maximum Gasteiger partial charge on any atom is 0.345 e. The Bertz CT molecular complexity index is 418. The Labute approximate surface area is 107 Å². The summed E-state index contributed by atoms with van der Waals surface area (Å²) in [5.74, 6) is -0.887. The van der Waals surface area contributed by atoms with Crippen LogP contribution in [0.2, 0.25) is 0 Å². The minimum absolute atomic E-state index is 0.0599.